The van der Waals surface area contributed by atoms with Crippen LogP contribution < -0.4 is 5.32 Å². The highest BCUT2D eigenvalue weighted by atomic mass is 15.1. The summed E-state index contributed by atoms with van der Waals surface area (Å²) in [7, 11) is 0. The summed E-state index contributed by atoms with van der Waals surface area (Å²) in [6.45, 7) is 12.3. The van der Waals surface area contributed by atoms with Gasteiger partial charge in [-0.25, -0.2) is 0 Å². The number of aryl methyl sites for hydroxylation is 1. The maximum absolute atomic E-state index is 3.62. The molecule has 3 heteroatoms. The molecule has 1 atom stereocenters. The number of hydrogen-bond donors (Lipinski definition) is 1. The van der Waals surface area contributed by atoms with Crippen molar-refractivity contribution in [2.24, 2.45) is 0 Å². The van der Waals surface area contributed by atoms with Gasteiger partial charge in [-0.1, -0.05) is 20.8 Å². The molecule has 0 saturated heterocycles. The van der Waals surface area contributed by atoms with Gasteiger partial charge in [-0.15, -0.1) is 0 Å². The molecular formula is C16H29N3. The molecule has 1 unspecified atom stereocenters. The average molecular weight is 263 g/mol. The highest BCUT2D eigenvalue weighted by molar-refractivity contribution is 5.30. The Morgan fingerprint density at radius 1 is 1.26 bits per heavy atom. The van der Waals surface area contributed by atoms with E-state index >= 15 is 0 Å². The Bertz CT molecular complexity index is 379. The summed E-state index contributed by atoms with van der Waals surface area (Å²) in [5.41, 5.74) is 3.12. The smallest absolute Gasteiger partial charge is 0.0347 e. The summed E-state index contributed by atoms with van der Waals surface area (Å²) in [6.07, 6.45) is 8.63. The minimum absolute atomic E-state index is 0.587. The molecule has 3 nitrogen and oxygen atoms in total. The maximum Gasteiger partial charge on any atom is 0.0347 e. The van der Waals surface area contributed by atoms with Gasteiger partial charge in [0.25, 0.3) is 0 Å². The van der Waals surface area contributed by atoms with Gasteiger partial charge in [0.2, 0.25) is 0 Å². The molecule has 1 heterocycles. The van der Waals surface area contributed by atoms with Crippen molar-refractivity contribution in [2.45, 2.75) is 52.6 Å². The predicted octanol–water partition coefficient (Wildman–Crippen LogP) is 2.82. The quantitative estimate of drug-likeness (QED) is 0.816. The first-order valence-corrected chi connectivity index (χ1v) is 7.92. The van der Waals surface area contributed by atoms with Gasteiger partial charge < -0.3 is 14.8 Å². The van der Waals surface area contributed by atoms with E-state index in [4.69, 9.17) is 0 Å². The molecule has 19 heavy (non-hydrogen) atoms. The van der Waals surface area contributed by atoms with Crippen LogP contribution in [0.5, 0.6) is 0 Å². The molecule has 0 aliphatic heterocycles. The van der Waals surface area contributed by atoms with Crippen molar-refractivity contribution < 1.29 is 0 Å². The molecule has 2 rings (SSSR count). The van der Waals surface area contributed by atoms with Crippen LogP contribution in [-0.2, 0) is 13.0 Å². The zero-order valence-corrected chi connectivity index (χ0v) is 12.8. The van der Waals surface area contributed by atoms with Crippen LogP contribution in [0.4, 0.5) is 0 Å². The van der Waals surface area contributed by atoms with Gasteiger partial charge in [0.05, 0.1) is 0 Å². The summed E-state index contributed by atoms with van der Waals surface area (Å²) < 4.78 is 2.40. The van der Waals surface area contributed by atoms with Crippen LogP contribution in [-0.4, -0.2) is 35.6 Å². The van der Waals surface area contributed by atoms with Gasteiger partial charge >= 0.3 is 0 Å². The summed E-state index contributed by atoms with van der Waals surface area (Å²) in [4.78, 5) is 2.49. The summed E-state index contributed by atoms with van der Waals surface area (Å²) in [5, 5.41) is 3.62. The first-order chi connectivity index (χ1) is 9.28. The van der Waals surface area contributed by atoms with E-state index in [1.54, 1.807) is 11.1 Å². The Hall–Kier alpha value is -0.800. The largest absolute Gasteiger partial charge is 0.352 e. The van der Waals surface area contributed by atoms with E-state index in [-0.39, 0.29) is 0 Å². The fourth-order valence-electron chi connectivity index (χ4n) is 3.13. The lowest BCUT2D eigenvalue weighted by atomic mass is 9.91. The van der Waals surface area contributed by atoms with Crippen molar-refractivity contribution in [1.82, 2.24) is 14.8 Å². The van der Waals surface area contributed by atoms with Crippen molar-refractivity contribution in [3.05, 3.63) is 23.5 Å². The fourth-order valence-corrected chi connectivity index (χ4v) is 3.13. The van der Waals surface area contributed by atoms with Crippen molar-refractivity contribution in [1.29, 1.82) is 0 Å². The van der Waals surface area contributed by atoms with E-state index in [0.29, 0.717) is 6.04 Å². The van der Waals surface area contributed by atoms with E-state index in [9.17, 15) is 0 Å². The lowest BCUT2D eigenvalue weighted by molar-refractivity contribution is 0.290. The highest BCUT2D eigenvalue weighted by Crippen LogP contribution is 2.30. The molecule has 0 bridgehead atoms. The second-order valence-electron chi connectivity index (χ2n) is 5.51. The normalized spacial score (nSPS) is 18.8. The molecule has 1 aliphatic rings. The molecule has 1 aromatic rings. The number of likely N-dealkylation sites (N-methyl/N-ethyl adjacent to an activating group) is 1. The standard InChI is InChI=1S/C16H29N3/c1-4-17-16-9-7-8-14-12-19(13-15(14)16)11-10-18(5-2)6-3/h12-13,16-17H,4-11H2,1-3H3. The average Bonchev–Trinajstić information content (AvgIpc) is 2.84. The van der Waals surface area contributed by atoms with Gasteiger partial charge in [0.15, 0.2) is 0 Å². The number of nitrogens with one attached hydrogen (secondary N) is 1. The third-order valence-electron chi connectivity index (χ3n) is 4.33. The van der Waals surface area contributed by atoms with Crippen LogP contribution >= 0.6 is 0 Å². The van der Waals surface area contributed by atoms with Crippen LogP contribution in [0.25, 0.3) is 0 Å². The molecule has 0 amide bonds. The molecule has 0 fully saturated rings. The van der Waals surface area contributed by atoms with Crippen LogP contribution in [0.3, 0.4) is 0 Å². The molecule has 0 aromatic carbocycles. The Balaban J connectivity index is 2.00. The van der Waals surface area contributed by atoms with Gasteiger partial charge in [-0.05, 0) is 50.0 Å². The topological polar surface area (TPSA) is 20.2 Å². The van der Waals surface area contributed by atoms with Gasteiger partial charge in [0, 0.05) is 31.5 Å². The third kappa shape index (κ3) is 3.61. The molecule has 0 saturated carbocycles. The van der Waals surface area contributed by atoms with Crippen LogP contribution in [0.1, 0.15) is 50.8 Å². The second-order valence-corrected chi connectivity index (χ2v) is 5.51. The molecule has 1 aliphatic carbocycles. The van der Waals surface area contributed by atoms with Crippen LogP contribution in [0.15, 0.2) is 12.4 Å². The van der Waals surface area contributed by atoms with Gasteiger partial charge in [-0.3, -0.25) is 0 Å². The summed E-state index contributed by atoms with van der Waals surface area (Å²) >= 11 is 0. The second kappa shape index (κ2) is 7.11. The van der Waals surface area contributed by atoms with Crippen molar-refractivity contribution in [2.75, 3.05) is 26.2 Å². The molecule has 1 N–H and O–H groups in total. The van der Waals surface area contributed by atoms with E-state index in [1.165, 1.54) is 19.3 Å². The lowest BCUT2D eigenvalue weighted by Crippen LogP contribution is -2.26. The minimum Gasteiger partial charge on any atom is -0.352 e. The zero-order chi connectivity index (χ0) is 13.7. The number of aromatic nitrogens is 1. The third-order valence-corrected chi connectivity index (χ3v) is 4.33. The Morgan fingerprint density at radius 2 is 2.05 bits per heavy atom. The SMILES string of the molecule is CCNC1CCCc2cn(CCN(CC)CC)cc21. The molecule has 108 valence electrons. The van der Waals surface area contributed by atoms with E-state index in [2.05, 4.69) is 47.9 Å². The summed E-state index contributed by atoms with van der Waals surface area (Å²) in [6, 6.07) is 0.587. The lowest BCUT2D eigenvalue weighted by Gasteiger charge is -2.22. The molecule has 0 radical (unpaired) electrons. The zero-order valence-electron chi connectivity index (χ0n) is 12.8. The monoisotopic (exact) mass is 263 g/mol. The molecule has 1 aromatic heterocycles. The summed E-state index contributed by atoms with van der Waals surface area (Å²) in [5.74, 6) is 0. The van der Waals surface area contributed by atoms with Crippen molar-refractivity contribution >= 4 is 0 Å². The van der Waals surface area contributed by atoms with E-state index in [1.807, 2.05) is 0 Å². The first kappa shape index (κ1) is 14.6. The van der Waals surface area contributed by atoms with Gasteiger partial charge in [0.1, 0.15) is 0 Å². The number of hydrogen-bond acceptors (Lipinski definition) is 2. The van der Waals surface area contributed by atoms with Crippen LogP contribution in [0.2, 0.25) is 0 Å². The number of fused-ring (bicyclic) bond motifs is 1. The van der Waals surface area contributed by atoms with E-state index in [0.717, 1.165) is 32.7 Å². The minimum atomic E-state index is 0.587. The maximum atomic E-state index is 3.62. The molecular weight excluding hydrogens is 234 g/mol. The Labute approximate surface area is 118 Å². The number of nitrogens with zero attached hydrogens (tertiary/aromatic N) is 2. The first-order valence-electron chi connectivity index (χ1n) is 7.92. The highest BCUT2D eigenvalue weighted by Gasteiger charge is 2.21. The van der Waals surface area contributed by atoms with E-state index < -0.39 is 0 Å². The van der Waals surface area contributed by atoms with Crippen molar-refractivity contribution in [3.8, 4) is 0 Å². The Kier molecular flexibility index (Phi) is 5.46. The number of rotatable bonds is 7. The fraction of sp³-hybridized carbons (Fsp3) is 0.750. The predicted molar refractivity (Wildman–Crippen MR) is 81.6 cm³/mol. The molecule has 0 spiro atoms. The van der Waals surface area contributed by atoms with Crippen LogP contribution in [0, 0.1) is 0 Å². The Morgan fingerprint density at radius 3 is 2.74 bits per heavy atom. The van der Waals surface area contributed by atoms with Gasteiger partial charge in [-0.2, -0.15) is 0 Å². The van der Waals surface area contributed by atoms with Crippen molar-refractivity contribution in [3.63, 3.8) is 0 Å².